The molecule has 0 aromatic rings. The predicted octanol–water partition coefficient (Wildman–Crippen LogP) is 1.40. The number of carbonyl (C=O) groups excluding carboxylic acids is 1. The standard InChI is InChI=1S/C14H26N2O2/c1-15-14(17)13-11-16(8-9-18-13)10-12-6-4-2-3-5-7-12/h12-13H,2-11H2,1H3,(H,15,17)/t13-/m0/s1. The van der Waals surface area contributed by atoms with E-state index in [4.69, 9.17) is 4.74 Å². The molecule has 0 bridgehead atoms. The van der Waals surface area contributed by atoms with E-state index in [0.717, 1.165) is 25.6 Å². The number of nitrogens with zero attached hydrogens (tertiary/aromatic N) is 1. The fourth-order valence-electron chi connectivity index (χ4n) is 3.10. The molecule has 0 unspecified atom stereocenters. The van der Waals surface area contributed by atoms with Crippen LogP contribution in [0, 0.1) is 5.92 Å². The molecule has 1 N–H and O–H groups in total. The summed E-state index contributed by atoms with van der Waals surface area (Å²) in [4.78, 5) is 14.0. The number of carbonyl (C=O) groups is 1. The quantitative estimate of drug-likeness (QED) is 0.774. The lowest BCUT2D eigenvalue weighted by atomic mass is 9.99. The van der Waals surface area contributed by atoms with E-state index in [9.17, 15) is 4.79 Å². The summed E-state index contributed by atoms with van der Waals surface area (Å²) in [6, 6.07) is 0. The van der Waals surface area contributed by atoms with Gasteiger partial charge in [-0.15, -0.1) is 0 Å². The first-order valence-electron chi connectivity index (χ1n) is 7.35. The van der Waals surface area contributed by atoms with Crippen LogP contribution < -0.4 is 5.32 Å². The van der Waals surface area contributed by atoms with Crippen LogP contribution in [0.25, 0.3) is 0 Å². The Kier molecular flexibility index (Phi) is 5.45. The molecule has 0 aromatic carbocycles. The van der Waals surface area contributed by atoms with E-state index in [1.807, 2.05) is 0 Å². The summed E-state index contributed by atoms with van der Waals surface area (Å²) in [7, 11) is 1.68. The molecular weight excluding hydrogens is 228 g/mol. The SMILES string of the molecule is CNC(=O)[C@@H]1CN(CC2CCCCCC2)CCO1. The van der Waals surface area contributed by atoms with Gasteiger partial charge in [0.15, 0.2) is 0 Å². The summed E-state index contributed by atoms with van der Waals surface area (Å²) in [6.45, 7) is 3.57. The topological polar surface area (TPSA) is 41.6 Å². The van der Waals surface area contributed by atoms with Gasteiger partial charge in [-0.1, -0.05) is 25.7 Å². The smallest absolute Gasteiger partial charge is 0.250 e. The van der Waals surface area contributed by atoms with Gasteiger partial charge in [-0.2, -0.15) is 0 Å². The molecule has 1 amide bonds. The van der Waals surface area contributed by atoms with Gasteiger partial charge < -0.3 is 10.1 Å². The van der Waals surface area contributed by atoms with Crippen LogP contribution in [0.2, 0.25) is 0 Å². The van der Waals surface area contributed by atoms with Crippen molar-refractivity contribution in [1.82, 2.24) is 10.2 Å². The fraction of sp³-hybridized carbons (Fsp3) is 0.929. The van der Waals surface area contributed by atoms with Gasteiger partial charge in [-0.25, -0.2) is 0 Å². The number of hydrogen-bond donors (Lipinski definition) is 1. The molecule has 4 nitrogen and oxygen atoms in total. The van der Waals surface area contributed by atoms with Crippen molar-refractivity contribution in [2.24, 2.45) is 5.92 Å². The van der Waals surface area contributed by atoms with Gasteiger partial charge >= 0.3 is 0 Å². The molecule has 0 spiro atoms. The minimum atomic E-state index is -0.269. The summed E-state index contributed by atoms with van der Waals surface area (Å²) in [5.74, 6) is 0.844. The summed E-state index contributed by atoms with van der Waals surface area (Å²) in [5, 5.41) is 2.68. The van der Waals surface area contributed by atoms with Crippen molar-refractivity contribution in [2.75, 3.05) is 33.3 Å². The van der Waals surface area contributed by atoms with Gasteiger partial charge in [0.1, 0.15) is 6.10 Å². The highest BCUT2D eigenvalue weighted by atomic mass is 16.5. The molecule has 1 saturated carbocycles. The first-order valence-corrected chi connectivity index (χ1v) is 7.35. The van der Waals surface area contributed by atoms with Crippen molar-refractivity contribution in [3.05, 3.63) is 0 Å². The van der Waals surface area contributed by atoms with E-state index in [2.05, 4.69) is 10.2 Å². The molecule has 104 valence electrons. The van der Waals surface area contributed by atoms with E-state index >= 15 is 0 Å². The second kappa shape index (κ2) is 7.10. The van der Waals surface area contributed by atoms with Crippen molar-refractivity contribution in [1.29, 1.82) is 0 Å². The second-order valence-electron chi connectivity index (χ2n) is 5.59. The van der Waals surface area contributed by atoms with Gasteiger partial charge in [0.05, 0.1) is 6.61 Å². The predicted molar refractivity (Wildman–Crippen MR) is 71.4 cm³/mol. The average Bonchev–Trinajstić information content (AvgIpc) is 2.67. The molecular formula is C14H26N2O2. The van der Waals surface area contributed by atoms with Crippen LogP contribution in [0.5, 0.6) is 0 Å². The van der Waals surface area contributed by atoms with Crippen LogP contribution in [-0.4, -0.2) is 50.2 Å². The maximum Gasteiger partial charge on any atom is 0.250 e. The van der Waals surface area contributed by atoms with Gasteiger partial charge in [0.2, 0.25) is 5.91 Å². The minimum absolute atomic E-state index is 0.0144. The first kappa shape index (κ1) is 13.8. The van der Waals surface area contributed by atoms with Gasteiger partial charge in [-0.05, 0) is 18.8 Å². The van der Waals surface area contributed by atoms with E-state index in [1.165, 1.54) is 38.5 Å². The summed E-state index contributed by atoms with van der Waals surface area (Å²) in [6.07, 6.45) is 8.03. The lowest BCUT2D eigenvalue weighted by Gasteiger charge is -2.34. The Morgan fingerprint density at radius 1 is 1.28 bits per heavy atom. The Bertz CT molecular complexity index is 263. The Balaban J connectivity index is 1.79. The highest BCUT2D eigenvalue weighted by molar-refractivity contribution is 5.80. The second-order valence-corrected chi connectivity index (χ2v) is 5.59. The molecule has 1 atom stereocenters. The highest BCUT2D eigenvalue weighted by Gasteiger charge is 2.27. The monoisotopic (exact) mass is 254 g/mol. The lowest BCUT2D eigenvalue weighted by Crippen LogP contribution is -2.50. The first-order chi connectivity index (χ1) is 8.79. The summed E-state index contributed by atoms with van der Waals surface area (Å²) in [5.41, 5.74) is 0. The van der Waals surface area contributed by atoms with Crippen molar-refractivity contribution < 1.29 is 9.53 Å². The third-order valence-corrected chi connectivity index (χ3v) is 4.18. The fourth-order valence-corrected chi connectivity index (χ4v) is 3.10. The maximum absolute atomic E-state index is 11.6. The molecule has 1 heterocycles. The van der Waals surface area contributed by atoms with E-state index in [1.54, 1.807) is 7.05 Å². The van der Waals surface area contributed by atoms with Gasteiger partial charge in [0.25, 0.3) is 0 Å². The Morgan fingerprint density at radius 2 is 2.00 bits per heavy atom. The molecule has 2 fully saturated rings. The normalized spacial score (nSPS) is 27.7. The number of likely N-dealkylation sites (N-methyl/N-ethyl adjacent to an activating group) is 1. The van der Waals surface area contributed by atoms with E-state index in [-0.39, 0.29) is 12.0 Å². The Labute approximate surface area is 110 Å². The molecule has 18 heavy (non-hydrogen) atoms. The van der Waals surface area contributed by atoms with Crippen molar-refractivity contribution >= 4 is 5.91 Å². The molecule has 1 aliphatic carbocycles. The van der Waals surface area contributed by atoms with Crippen LogP contribution in [-0.2, 0) is 9.53 Å². The molecule has 0 aromatic heterocycles. The zero-order chi connectivity index (χ0) is 12.8. The average molecular weight is 254 g/mol. The maximum atomic E-state index is 11.6. The van der Waals surface area contributed by atoms with Crippen LogP contribution in [0.4, 0.5) is 0 Å². The Hall–Kier alpha value is -0.610. The van der Waals surface area contributed by atoms with Crippen LogP contribution >= 0.6 is 0 Å². The van der Waals surface area contributed by atoms with Crippen molar-refractivity contribution in [2.45, 2.75) is 44.6 Å². The summed E-state index contributed by atoms with van der Waals surface area (Å²) < 4.78 is 5.52. The van der Waals surface area contributed by atoms with Crippen LogP contribution in [0.1, 0.15) is 38.5 Å². The molecule has 0 radical (unpaired) electrons. The molecule has 1 saturated heterocycles. The lowest BCUT2D eigenvalue weighted by molar-refractivity contribution is -0.138. The van der Waals surface area contributed by atoms with E-state index in [0.29, 0.717) is 6.61 Å². The summed E-state index contributed by atoms with van der Waals surface area (Å²) >= 11 is 0. The van der Waals surface area contributed by atoms with Crippen LogP contribution in [0.15, 0.2) is 0 Å². The zero-order valence-electron chi connectivity index (χ0n) is 11.5. The largest absolute Gasteiger partial charge is 0.366 e. The van der Waals surface area contributed by atoms with Crippen LogP contribution in [0.3, 0.4) is 0 Å². The highest BCUT2D eigenvalue weighted by Crippen LogP contribution is 2.24. The van der Waals surface area contributed by atoms with Crippen molar-refractivity contribution in [3.8, 4) is 0 Å². The van der Waals surface area contributed by atoms with E-state index < -0.39 is 0 Å². The molecule has 2 rings (SSSR count). The third-order valence-electron chi connectivity index (χ3n) is 4.18. The zero-order valence-corrected chi connectivity index (χ0v) is 11.5. The van der Waals surface area contributed by atoms with Gasteiger partial charge in [0, 0.05) is 26.7 Å². The minimum Gasteiger partial charge on any atom is -0.366 e. The number of hydrogen-bond acceptors (Lipinski definition) is 3. The number of ether oxygens (including phenoxy) is 1. The Morgan fingerprint density at radius 3 is 2.67 bits per heavy atom. The molecule has 4 heteroatoms. The van der Waals surface area contributed by atoms with Crippen molar-refractivity contribution in [3.63, 3.8) is 0 Å². The number of rotatable bonds is 3. The number of nitrogens with one attached hydrogen (secondary N) is 1. The van der Waals surface area contributed by atoms with Gasteiger partial charge in [-0.3, -0.25) is 9.69 Å². The number of amides is 1. The molecule has 2 aliphatic rings. The number of morpholine rings is 1. The molecule has 1 aliphatic heterocycles. The third kappa shape index (κ3) is 3.95.